The second kappa shape index (κ2) is 6.79. The Bertz CT molecular complexity index is 618. The molecule has 1 unspecified atom stereocenters. The summed E-state index contributed by atoms with van der Waals surface area (Å²) in [6.45, 7) is 0.217. The van der Waals surface area contributed by atoms with E-state index >= 15 is 0 Å². The molecule has 4 nitrogen and oxygen atoms in total. The van der Waals surface area contributed by atoms with Gasteiger partial charge in [-0.25, -0.2) is 12.8 Å². The first-order valence-corrected chi connectivity index (χ1v) is 9.54. The van der Waals surface area contributed by atoms with Crippen molar-refractivity contribution in [1.29, 1.82) is 0 Å². The average molecular weight is 331 g/mol. The summed E-state index contributed by atoms with van der Waals surface area (Å²) < 4.78 is 36.2. The van der Waals surface area contributed by atoms with E-state index in [0.717, 1.165) is 0 Å². The fraction of sp³-hybridized carbons (Fsp3) is 0.500. The smallest absolute Gasteiger partial charge is 0.232 e. The fourth-order valence-electron chi connectivity index (χ4n) is 2.16. The summed E-state index contributed by atoms with van der Waals surface area (Å²) >= 11 is 1.37. The van der Waals surface area contributed by atoms with E-state index in [2.05, 4.69) is 0 Å². The van der Waals surface area contributed by atoms with Crippen LogP contribution < -0.4 is 0 Å². The number of halogens is 1. The van der Waals surface area contributed by atoms with Gasteiger partial charge in [-0.2, -0.15) is 0 Å². The minimum Gasteiger partial charge on any atom is -0.341 e. The van der Waals surface area contributed by atoms with Gasteiger partial charge in [0.25, 0.3) is 0 Å². The Morgan fingerprint density at radius 3 is 2.76 bits per heavy atom. The number of benzene rings is 1. The van der Waals surface area contributed by atoms with Crippen LogP contribution >= 0.6 is 11.8 Å². The van der Waals surface area contributed by atoms with Crippen LogP contribution in [0.15, 0.2) is 24.3 Å². The van der Waals surface area contributed by atoms with Gasteiger partial charge in [0.2, 0.25) is 5.91 Å². The van der Waals surface area contributed by atoms with Gasteiger partial charge in [0.05, 0.1) is 17.3 Å². The number of hydrogen-bond acceptors (Lipinski definition) is 4. The van der Waals surface area contributed by atoms with Gasteiger partial charge in [0, 0.05) is 24.4 Å². The van der Waals surface area contributed by atoms with Crippen molar-refractivity contribution in [3.63, 3.8) is 0 Å². The van der Waals surface area contributed by atoms with Crippen LogP contribution in [0.25, 0.3) is 0 Å². The van der Waals surface area contributed by atoms with Crippen molar-refractivity contribution in [1.82, 2.24) is 4.90 Å². The van der Waals surface area contributed by atoms with E-state index in [-0.39, 0.29) is 40.8 Å². The monoisotopic (exact) mass is 331 g/mol. The van der Waals surface area contributed by atoms with Crippen LogP contribution in [-0.4, -0.2) is 48.8 Å². The molecule has 1 amide bonds. The van der Waals surface area contributed by atoms with Crippen molar-refractivity contribution < 1.29 is 17.6 Å². The van der Waals surface area contributed by atoms with Crippen molar-refractivity contribution in [2.75, 3.05) is 24.3 Å². The lowest BCUT2D eigenvalue weighted by molar-refractivity contribution is -0.127. The molecule has 0 N–H and O–H groups in total. The molecule has 1 aromatic rings. The minimum absolute atomic E-state index is 0.000751. The van der Waals surface area contributed by atoms with Gasteiger partial charge in [-0.3, -0.25) is 4.79 Å². The molecule has 116 valence electrons. The average Bonchev–Trinajstić information content (AvgIpc) is 2.78. The van der Waals surface area contributed by atoms with Gasteiger partial charge in [-0.1, -0.05) is 18.2 Å². The summed E-state index contributed by atoms with van der Waals surface area (Å²) in [4.78, 5) is 13.5. The maximum atomic E-state index is 13.5. The Morgan fingerprint density at radius 1 is 1.43 bits per heavy atom. The Kier molecular flexibility index (Phi) is 5.27. The maximum Gasteiger partial charge on any atom is 0.232 e. The number of carbonyl (C=O) groups excluding carboxylic acids is 1. The van der Waals surface area contributed by atoms with Crippen LogP contribution in [0.3, 0.4) is 0 Å². The predicted molar refractivity (Wildman–Crippen MR) is 82.4 cm³/mol. The van der Waals surface area contributed by atoms with E-state index in [1.807, 2.05) is 0 Å². The van der Waals surface area contributed by atoms with Gasteiger partial charge >= 0.3 is 0 Å². The summed E-state index contributed by atoms with van der Waals surface area (Å²) in [6, 6.07) is 6.35. The lowest BCUT2D eigenvalue weighted by atomic mass is 10.2. The first kappa shape index (κ1) is 16.3. The van der Waals surface area contributed by atoms with Crippen molar-refractivity contribution >= 4 is 27.5 Å². The summed E-state index contributed by atoms with van der Waals surface area (Å²) in [5.74, 6) is 0.149. The third-order valence-electron chi connectivity index (χ3n) is 3.42. The van der Waals surface area contributed by atoms with E-state index in [9.17, 15) is 17.6 Å². The number of carbonyl (C=O) groups is 1. The van der Waals surface area contributed by atoms with Crippen LogP contribution in [0.1, 0.15) is 12.0 Å². The van der Waals surface area contributed by atoms with Crippen LogP contribution in [0.2, 0.25) is 0 Å². The van der Waals surface area contributed by atoms with Crippen LogP contribution in [0.4, 0.5) is 4.39 Å². The van der Waals surface area contributed by atoms with Crippen molar-refractivity contribution in [3.05, 3.63) is 35.6 Å². The van der Waals surface area contributed by atoms with E-state index in [0.29, 0.717) is 12.0 Å². The Balaban J connectivity index is 1.82. The second-order valence-electron chi connectivity index (χ2n) is 5.18. The second-order valence-corrected chi connectivity index (χ2v) is 8.69. The molecule has 0 aromatic heterocycles. The molecule has 1 atom stereocenters. The Labute approximate surface area is 128 Å². The first-order valence-electron chi connectivity index (χ1n) is 6.67. The molecule has 0 bridgehead atoms. The fourth-order valence-corrected chi connectivity index (χ4v) is 5.74. The number of sulfone groups is 1. The summed E-state index contributed by atoms with van der Waals surface area (Å²) in [5, 5.41) is 0.000751. The summed E-state index contributed by atoms with van der Waals surface area (Å²) in [5.41, 5.74) is 0.474. The van der Waals surface area contributed by atoms with Gasteiger partial charge in [0.15, 0.2) is 9.84 Å². The van der Waals surface area contributed by atoms with Gasteiger partial charge in [0.1, 0.15) is 5.82 Å². The van der Waals surface area contributed by atoms with Gasteiger partial charge in [-0.15, -0.1) is 11.8 Å². The van der Waals surface area contributed by atoms with Crippen molar-refractivity contribution in [2.45, 2.75) is 18.2 Å². The molecule has 21 heavy (non-hydrogen) atoms. The molecular formula is C14H18FNO3S2. The van der Waals surface area contributed by atoms with Crippen LogP contribution in [0.5, 0.6) is 0 Å². The molecule has 1 saturated heterocycles. The number of thioether (sulfide) groups is 1. The zero-order valence-electron chi connectivity index (χ0n) is 11.8. The highest BCUT2D eigenvalue weighted by Gasteiger charge is 2.28. The number of nitrogens with zero attached hydrogens (tertiary/aromatic N) is 1. The molecule has 0 saturated carbocycles. The Morgan fingerprint density at radius 2 is 2.14 bits per heavy atom. The number of rotatable bonds is 5. The highest BCUT2D eigenvalue weighted by Crippen LogP contribution is 2.24. The van der Waals surface area contributed by atoms with Gasteiger partial charge in [-0.05, 0) is 12.5 Å². The SMILES string of the molecule is CN(Cc1ccccc1F)C(=O)CSC1CCS(=O)(=O)C1. The van der Waals surface area contributed by atoms with E-state index in [1.165, 1.54) is 22.7 Å². The molecule has 1 aliphatic heterocycles. The Hall–Kier alpha value is -1.08. The zero-order valence-corrected chi connectivity index (χ0v) is 13.4. The van der Waals surface area contributed by atoms with Crippen LogP contribution in [-0.2, 0) is 21.2 Å². The highest BCUT2D eigenvalue weighted by atomic mass is 32.2. The lowest BCUT2D eigenvalue weighted by Crippen LogP contribution is -2.29. The molecule has 0 aliphatic carbocycles. The quantitative estimate of drug-likeness (QED) is 0.824. The topological polar surface area (TPSA) is 54.5 Å². The van der Waals surface area contributed by atoms with Gasteiger partial charge < -0.3 is 4.90 Å². The molecule has 1 fully saturated rings. The third kappa shape index (κ3) is 4.71. The number of amides is 1. The first-order chi connectivity index (χ1) is 9.87. The van der Waals surface area contributed by atoms with Crippen molar-refractivity contribution in [2.24, 2.45) is 0 Å². The van der Waals surface area contributed by atoms with E-state index in [1.54, 1.807) is 25.2 Å². The predicted octanol–water partition coefficient (Wildman–Crippen LogP) is 1.70. The molecule has 7 heteroatoms. The summed E-state index contributed by atoms with van der Waals surface area (Å²) in [7, 11) is -1.29. The highest BCUT2D eigenvalue weighted by molar-refractivity contribution is 8.02. The molecule has 0 spiro atoms. The normalized spacial score (nSPS) is 20.4. The molecule has 1 aliphatic rings. The zero-order chi connectivity index (χ0) is 15.5. The molecule has 0 radical (unpaired) electrons. The van der Waals surface area contributed by atoms with E-state index in [4.69, 9.17) is 0 Å². The van der Waals surface area contributed by atoms with Crippen LogP contribution in [0, 0.1) is 5.82 Å². The largest absolute Gasteiger partial charge is 0.341 e. The molecular weight excluding hydrogens is 313 g/mol. The van der Waals surface area contributed by atoms with Crippen molar-refractivity contribution in [3.8, 4) is 0 Å². The number of hydrogen-bond donors (Lipinski definition) is 0. The lowest BCUT2D eigenvalue weighted by Gasteiger charge is -2.18. The minimum atomic E-state index is -2.91. The summed E-state index contributed by atoms with van der Waals surface area (Å²) in [6.07, 6.45) is 0.608. The molecule has 2 rings (SSSR count). The standard InChI is InChI=1S/C14H18FNO3S2/c1-16(8-11-4-2-3-5-13(11)15)14(17)9-20-12-6-7-21(18,19)10-12/h2-5,12H,6-10H2,1H3. The third-order valence-corrected chi connectivity index (χ3v) is 6.69. The maximum absolute atomic E-state index is 13.5. The molecule has 1 heterocycles. The molecule has 1 aromatic carbocycles. The van der Waals surface area contributed by atoms with E-state index < -0.39 is 9.84 Å².